The van der Waals surface area contributed by atoms with E-state index < -0.39 is 5.66 Å². The first kappa shape index (κ1) is 16.7. The number of nitrogens with zero attached hydrogens (tertiary/aromatic N) is 3. The van der Waals surface area contributed by atoms with Crippen LogP contribution in [0, 0.1) is 19.3 Å². The summed E-state index contributed by atoms with van der Waals surface area (Å²) in [6.07, 6.45) is 9.53. The Morgan fingerprint density at radius 1 is 1.42 bits per heavy atom. The summed E-state index contributed by atoms with van der Waals surface area (Å²) in [4.78, 5) is 12.2. The molecular formula is C17H23N5O2. The first-order valence-corrected chi connectivity index (χ1v) is 8.43. The van der Waals surface area contributed by atoms with E-state index in [9.17, 15) is 4.79 Å². The molecule has 0 atom stereocenters. The minimum absolute atomic E-state index is 0.0690. The van der Waals surface area contributed by atoms with Crippen LogP contribution >= 0.6 is 0 Å². The van der Waals surface area contributed by atoms with Crippen LogP contribution in [-0.4, -0.2) is 35.0 Å². The normalized spacial score (nSPS) is 19.0. The highest BCUT2D eigenvalue weighted by Gasteiger charge is 2.39. The Labute approximate surface area is 141 Å². The predicted molar refractivity (Wildman–Crippen MR) is 89.6 cm³/mol. The quantitative estimate of drug-likeness (QED) is 0.753. The van der Waals surface area contributed by atoms with Gasteiger partial charge in [-0.15, -0.1) is 12.3 Å². The zero-order valence-corrected chi connectivity index (χ0v) is 14.0. The lowest BCUT2D eigenvalue weighted by molar-refractivity contribution is -0.116. The number of carbonyl (C=O) groups excluding carboxylic acids is 1. The second kappa shape index (κ2) is 7.14. The molecule has 0 spiro atoms. The monoisotopic (exact) mass is 329 g/mol. The molecule has 2 aliphatic heterocycles. The third-order valence-corrected chi connectivity index (χ3v) is 4.74. The lowest BCUT2D eigenvalue weighted by atomic mass is 9.94. The summed E-state index contributed by atoms with van der Waals surface area (Å²) < 4.78 is 5.40. The summed E-state index contributed by atoms with van der Waals surface area (Å²) in [5.41, 5.74) is 1.70. The van der Waals surface area contributed by atoms with Gasteiger partial charge in [0.2, 0.25) is 5.91 Å². The molecule has 1 amide bonds. The lowest BCUT2D eigenvalue weighted by Gasteiger charge is -2.21. The number of aromatic nitrogens is 2. The van der Waals surface area contributed by atoms with E-state index in [1.807, 2.05) is 6.92 Å². The maximum atomic E-state index is 12.2. The number of aromatic amines is 1. The molecule has 7 nitrogen and oxygen atoms in total. The SMILES string of the molecule is C#CCCC1(CCC(=O)Nc2n[nH]c(C3CCOCC3)c2C)N=N1. The molecule has 0 aromatic carbocycles. The zero-order chi connectivity index (χ0) is 17.0. The number of carbonyl (C=O) groups is 1. The van der Waals surface area contributed by atoms with Crippen LogP contribution in [-0.2, 0) is 9.53 Å². The fourth-order valence-corrected chi connectivity index (χ4v) is 3.09. The number of ether oxygens (including phenoxy) is 1. The van der Waals surface area contributed by atoms with E-state index in [-0.39, 0.29) is 5.91 Å². The summed E-state index contributed by atoms with van der Waals surface area (Å²) >= 11 is 0. The molecule has 2 N–H and O–H groups in total. The van der Waals surface area contributed by atoms with Crippen LogP contribution in [0.5, 0.6) is 0 Å². The smallest absolute Gasteiger partial charge is 0.225 e. The van der Waals surface area contributed by atoms with Crippen LogP contribution in [0.25, 0.3) is 0 Å². The van der Waals surface area contributed by atoms with Crippen molar-refractivity contribution in [2.75, 3.05) is 18.5 Å². The number of terminal acetylenes is 1. The molecule has 1 aromatic heterocycles. The van der Waals surface area contributed by atoms with Crippen molar-refractivity contribution >= 4 is 11.7 Å². The van der Waals surface area contributed by atoms with Crippen LogP contribution in [0.4, 0.5) is 5.82 Å². The Morgan fingerprint density at radius 2 is 2.17 bits per heavy atom. The molecule has 1 aromatic rings. The van der Waals surface area contributed by atoms with Gasteiger partial charge in [0.05, 0.1) is 0 Å². The molecule has 3 rings (SSSR count). The minimum Gasteiger partial charge on any atom is -0.381 e. The van der Waals surface area contributed by atoms with E-state index in [2.05, 4.69) is 31.7 Å². The Hall–Kier alpha value is -2.20. The highest BCUT2D eigenvalue weighted by Crippen LogP contribution is 2.37. The average Bonchev–Trinajstić information content (AvgIpc) is 3.30. The van der Waals surface area contributed by atoms with Gasteiger partial charge in [-0.05, 0) is 19.8 Å². The molecule has 7 heteroatoms. The summed E-state index contributed by atoms with van der Waals surface area (Å²) in [7, 11) is 0. The summed E-state index contributed by atoms with van der Waals surface area (Å²) in [5.74, 6) is 3.56. The van der Waals surface area contributed by atoms with E-state index in [1.165, 1.54) is 0 Å². The summed E-state index contributed by atoms with van der Waals surface area (Å²) in [6, 6.07) is 0. The number of amides is 1. The third kappa shape index (κ3) is 3.82. The number of rotatable bonds is 7. The molecule has 128 valence electrons. The number of hydrogen-bond donors (Lipinski definition) is 2. The third-order valence-electron chi connectivity index (χ3n) is 4.74. The summed E-state index contributed by atoms with van der Waals surface area (Å²) in [5, 5.41) is 18.3. The first-order chi connectivity index (χ1) is 11.6. The van der Waals surface area contributed by atoms with Crippen molar-refractivity contribution in [3.63, 3.8) is 0 Å². The Bertz CT molecular complexity index is 661. The lowest BCUT2D eigenvalue weighted by Crippen LogP contribution is -2.18. The second-order valence-electron chi connectivity index (χ2n) is 6.43. The van der Waals surface area contributed by atoms with E-state index in [4.69, 9.17) is 11.2 Å². The van der Waals surface area contributed by atoms with Gasteiger partial charge in [0.1, 0.15) is 0 Å². The predicted octanol–water partition coefficient (Wildman–Crippen LogP) is 2.91. The van der Waals surface area contributed by atoms with Gasteiger partial charge in [-0.1, -0.05) is 0 Å². The van der Waals surface area contributed by atoms with Crippen molar-refractivity contribution in [2.45, 2.75) is 57.0 Å². The van der Waals surface area contributed by atoms with Gasteiger partial charge in [0.15, 0.2) is 11.5 Å². The van der Waals surface area contributed by atoms with Crippen LogP contribution < -0.4 is 5.32 Å². The summed E-state index contributed by atoms with van der Waals surface area (Å²) in [6.45, 7) is 3.54. The fraction of sp³-hybridized carbons (Fsp3) is 0.647. The molecule has 0 aliphatic carbocycles. The molecule has 1 fully saturated rings. The van der Waals surface area contributed by atoms with Crippen LogP contribution in [0.2, 0.25) is 0 Å². The van der Waals surface area contributed by atoms with Gasteiger partial charge in [0, 0.05) is 56.1 Å². The molecule has 0 saturated carbocycles. The highest BCUT2D eigenvalue weighted by atomic mass is 16.5. The van der Waals surface area contributed by atoms with Crippen LogP contribution in [0.15, 0.2) is 10.2 Å². The van der Waals surface area contributed by atoms with E-state index in [1.54, 1.807) is 0 Å². The van der Waals surface area contributed by atoms with Gasteiger partial charge in [-0.25, -0.2) is 0 Å². The molecule has 0 bridgehead atoms. The molecular weight excluding hydrogens is 306 g/mol. The molecule has 2 aliphatic rings. The number of hydrogen-bond acceptors (Lipinski definition) is 5. The van der Waals surface area contributed by atoms with Crippen molar-refractivity contribution in [3.8, 4) is 12.3 Å². The van der Waals surface area contributed by atoms with Gasteiger partial charge in [-0.2, -0.15) is 15.3 Å². The van der Waals surface area contributed by atoms with Crippen molar-refractivity contribution in [1.29, 1.82) is 0 Å². The first-order valence-electron chi connectivity index (χ1n) is 8.43. The molecule has 0 radical (unpaired) electrons. The fourth-order valence-electron chi connectivity index (χ4n) is 3.09. The Kier molecular flexibility index (Phi) is 4.95. The van der Waals surface area contributed by atoms with Crippen molar-refractivity contribution < 1.29 is 9.53 Å². The minimum atomic E-state index is -0.419. The van der Waals surface area contributed by atoms with Crippen molar-refractivity contribution in [1.82, 2.24) is 10.2 Å². The molecule has 1 saturated heterocycles. The second-order valence-corrected chi connectivity index (χ2v) is 6.43. The zero-order valence-electron chi connectivity index (χ0n) is 14.0. The van der Waals surface area contributed by atoms with Crippen LogP contribution in [0.3, 0.4) is 0 Å². The number of H-pyrrole nitrogens is 1. The molecule has 0 unspecified atom stereocenters. The van der Waals surface area contributed by atoms with Gasteiger partial charge < -0.3 is 10.1 Å². The van der Waals surface area contributed by atoms with E-state index in [0.29, 0.717) is 37.4 Å². The Balaban J connectivity index is 1.51. The van der Waals surface area contributed by atoms with Crippen LogP contribution in [0.1, 0.15) is 55.7 Å². The van der Waals surface area contributed by atoms with E-state index in [0.717, 1.165) is 37.3 Å². The van der Waals surface area contributed by atoms with Crippen molar-refractivity contribution in [3.05, 3.63) is 11.3 Å². The topological polar surface area (TPSA) is 91.7 Å². The highest BCUT2D eigenvalue weighted by molar-refractivity contribution is 5.90. The maximum Gasteiger partial charge on any atom is 0.225 e. The average molecular weight is 329 g/mol. The van der Waals surface area contributed by atoms with Crippen molar-refractivity contribution in [2.24, 2.45) is 10.2 Å². The largest absolute Gasteiger partial charge is 0.381 e. The number of anilines is 1. The van der Waals surface area contributed by atoms with Gasteiger partial charge >= 0.3 is 0 Å². The molecule has 24 heavy (non-hydrogen) atoms. The van der Waals surface area contributed by atoms with Gasteiger partial charge in [0.25, 0.3) is 0 Å². The molecule has 3 heterocycles. The van der Waals surface area contributed by atoms with E-state index >= 15 is 0 Å². The standard InChI is InChI=1S/C17H23N5O2/c1-3-4-8-17(21-22-17)9-5-14(23)18-16-12(2)15(19-20-16)13-6-10-24-11-7-13/h1,13H,4-11H2,2H3,(H2,18,19,20,23). The van der Waals surface area contributed by atoms with Gasteiger partial charge in [-0.3, -0.25) is 9.89 Å². The maximum absolute atomic E-state index is 12.2. The Morgan fingerprint density at radius 3 is 2.83 bits per heavy atom. The number of nitrogens with one attached hydrogen (secondary N) is 2.